The van der Waals surface area contributed by atoms with Crippen molar-refractivity contribution in [2.24, 2.45) is 7.05 Å². The SMILES string of the molecule is Cn1ccc(-c2cnn([C@@H]3[C@@H](O)[C@@H](Sc4cncc(Cl)c4)O[C@H](CO)[C@@H]3O)c2)n1. The van der Waals surface area contributed by atoms with Gasteiger partial charge in [-0.3, -0.25) is 14.3 Å². The fraction of sp³-hybridized carbons (Fsp3) is 0.389. The second-order valence-electron chi connectivity index (χ2n) is 6.74. The van der Waals surface area contributed by atoms with E-state index < -0.39 is 36.4 Å². The number of halogens is 1. The van der Waals surface area contributed by atoms with Crippen LogP contribution in [0.4, 0.5) is 0 Å². The number of pyridine rings is 1. The molecule has 0 spiro atoms. The van der Waals surface area contributed by atoms with Crippen molar-refractivity contribution in [2.75, 3.05) is 6.61 Å². The summed E-state index contributed by atoms with van der Waals surface area (Å²) in [7, 11) is 1.82. The minimum atomic E-state index is -1.15. The summed E-state index contributed by atoms with van der Waals surface area (Å²) in [6.07, 6.45) is 5.13. The Bertz CT molecular complexity index is 983. The molecule has 1 aliphatic heterocycles. The van der Waals surface area contributed by atoms with E-state index in [0.717, 1.165) is 11.3 Å². The third kappa shape index (κ3) is 4.18. The van der Waals surface area contributed by atoms with E-state index >= 15 is 0 Å². The molecule has 9 nitrogen and oxygen atoms in total. The van der Waals surface area contributed by atoms with Gasteiger partial charge in [-0.2, -0.15) is 10.2 Å². The monoisotopic (exact) mass is 437 g/mol. The molecule has 0 amide bonds. The van der Waals surface area contributed by atoms with Gasteiger partial charge in [0.15, 0.2) is 0 Å². The van der Waals surface area contributed by atoms with Gasteiger partial charge < -0.3 is 20.1 Å². The highest BCUT2D eigenvalue weighted by atomic mass is 35.5. The first-order valence-electron chi connectivity index (χ1n) is 8.90. The zero-order valence-electron chi connectivity index (χ0n) is 15.4. The smallest absolute Gasteiger partial charge is 0.136 e. The molecule has 3 aromatic rings. The van der Waals surface area contributed by atoms with Gasteiger partial charge in [-0.25, -0.2) is 0 Å². The number of ether oxygens (including phenoxy) is 1. The molecule has 4 rings (SSSR count). The van der Waals surface area contributed by atoms with E-state index in [0.29, 0.717) is 9.92 Å². The molecular weight excluding hydrogens is 418 g/mol. The number of aryl methyl sites for hydroxylation is 1. The molecule has 3 N–H and O–H groups in total. The van der Waals surface area contributed by atoms with Crippen LogP contribution in [0.3, 0.4) is 0 Å². The van der Waals surface area contributed by atoms with Gasteiger partial charge in [0, 0.05) is 42.3 Å². The topological polar surface area (TPSA) is 118 Å². The van der Waals surface area contributed by atoms with Gasteiger partial charge in [-0.15, -0.1) is 0 Å². The van der Waals surface area contributed by atoms with Crippen LogP contribution in [-0.2, 0) is 11.8 Å². The van der Waals surface area contributed by atoms with Crippen molar-refractivity contribution < 1.29 is 20.1 Å². The third-order valence-corrected chi connectivity index (χ3v) is 6.02. The van der Waals surface area contributed by atoms with Crippen molar-refractivity contribution in [3.05, 3.63) is 48.1 Å². The van der Waals surface area contributed by atoms with Crippen molar-refractivity contribution in [2.45, 2.75) is 34.7 Å². The molecular formula is C18H20ClN5O4S. The van der Waals surface area contributed by atoms with E-state index in [4.69, 9.17) is 16.3 Å². The van der Waals surface area contributed by atoms with E-state index in [1.165, 1.54) is 22.6 Å². The van der Waals surface area contributed by atoms with Crippen LogP contribution >= 0.6 is 23.4 Å². The van der Waals surface area contributed by atoms with Gasteiger partial charge in [0.05, 0.1) is 23.5 Å². The van der Waals surface area contributed by atoms with Crippen LogP contribution in [0.15, 0.2) is 48.0 Å². The molecule has 0 unspecified atom stereocenters. The standard InChI is InChI=1S/C18H20ClN5O4S/c1-23-3-2-13(22-23)10-5-21-24(8-10)15-16(26)14(9-25)28-18(17(15)27)29-12-4-11(19)6-20-7-12/h2-8,14-18,25-27H,9H2,1H3/t14-,15+,16+,17-,18-/m1/s1. The summed E-state index contributed by atoms with van der Waals surface area (Å²) in [6, 6.07) is 2.73. The maximum atomic E-state index is 11.0. The van der Waals surface area contributed by atoms with Gasteiger partial charge in [-0.05, 0) is 12.1 Å². The van der Waals surface area contributed by atoms with Gasteiger partial charge in [0.2, 0.25) is 0 Å². The van der Waals surface area contributed by atoms with Crippen LogP contribution in [0.2, 0.25) is 5.02 Å². The van der Waals surface area contributed by atoms with Crippen molar-refractivity contribution in [3.8, 4) is 11.3 Å². The van der Waals surface area contributed by atoms with Crippen LogP contribution in [0, 0.1) is 0 Å². The summed E-state index contributed by atoms with van der Waals surface area (Å²) in [6.45, 7) is -0.399. The van der Waals surface area contributed by atoms with E-state index in [2.05, 4.69) is 15.2 Å². The molecule has 1 aliphatic rings. The number of nitrogens with zero attached hydrogens (tertiary/aromatic N) is 5. The number of aliphatic hydroxyl groups excluding tert-OH is 3. The molecule has 0 aliphatic carbocycles. The van der Waals surface area contributed by atoms with Gasteiger partial charge in [0.25, 0.3) is 0 Å². The predicted octanol–water partition coefficient (Wildman–Crippen LogP) is 1.10. The van der Waals surface area contributed by atoms with Crippen molar-refractivity contribution in [3.63, 3.8) is 0 Å². The lowest BCUT2D eigenvalue weighted by molar-refractivity contribution is -0.178. The molecule has 0 radical (unpaired) electrons. The Kier molecular flexibility index (Phi) is 5.91. The maximum absolute atomic E-state index is 11.0. The Morgan fingerprint density at radius 3 is 2.76 bits per heavy atom. The largest absolute Gasteiger partial charge is 0.394 e. The maximum Gasteiger partial charge on any atom is 0.136 e. The lowest BCUT2D eigenvalue weighted by Crippen LogP contribution is -2.54. The van der Waals surface area contributed by atoms with Gasteiger partial charge >= 0.3 is 0 Å². The minimum absolute atomic E-state index is 0.399. The van der Waals surface area contributed by atoms with Crippen LogP contribution in [-0.4, -0.2) is 70.2 Å². The average Bonchev–Trinajstić information content (AvgIpc) is 3.33. The van der Waals surface area contributed by atoms with E-state index in [-0.39, 0.29) is 0 Å². The summed E-state index contributed by atoms with van der Waals surface area (Å²) >= 11 is 7.20. The number of hydrogen-bond donors (Lipinski definition) is 3. The molecule has 5 atom stereocenters. The summed E-state index contributed by atoms with van der Waals surface area (Å²) in [5, 5.41) is 40.4. The lowest BCUT2D eigenvalue weighted by Gasteiger charge is -2.42. The fourth-order valence-electron chi connectivity index (χ4n) is 3.27. The Balaban J connectivity index is 1.61. The van der Waals surface area contributed by atoms with Gasteiger partial charge in [0.1, 0.15) is 29.8 Å². The molecule has 0 saturated carbocycles. The molecule has 29 heavy (non-hydrogen) atoms. The first-order valence-corrected chi connectivity index (χ1v) is 10.2. The molecule has 154 valence electrons. The molecule has 1 saturated heterocycles. The quantitative estimate of drug-likeness (QED) is 0.543. The minimum Gasteiger partial charge on any atom is -0.394 e. The molecule has 4 heterocycles. The molecule has 1 fully saturated rings. The summed E-state index contributed by atoms with van der Waals surface area (Å²) in [5.74, 6) is 0. The molecule has 0 bridgehead atoms. The first-order chi connectivity index (χ1) is 14.0. The molecule has 11 heteroatoms. The Morgan fingerprint density at radius 2 is 2.07 bits per heavy atom. The second-order valence-corrected chi connectivity index (χ2v) is 8.35. The van der Waals surface area contributed by atoms with E-state index in [1.54, 1.807) is 29.3 Å². The van der Waals surface area contributed by atoms with Crippen LogP contribution in [0.5, 0.6) is 0 Å². The number of hydrogen-bond acceptors (Lipinski definition) is 8. The first kappa shape index (κ1) is 20.3. The van der Waals surface area contributed by atoms with E-state index in [1.807, 2.05) is 19.3 Å². The summed E-state index contributed by atoms with van der Waals surface area (Å²) in [5.41, 5.74) is 0.716. The van der Waals surface area contributed by atoms with Crippen molar-refractivity contribution >= 4 is 23.4 Å². The average molecular weight is 438 g/mol. The number of aliphatic hydroxyl groups is 3. The highest BCUT2D eigenvalue weighted by Gasteiger charge is 2.46. The second kappa shape index (κ2) is 8.42. The van der Waals surface area contributed by atoms with Crippen LogP contribution in [0.25, 0.3) is 11.3 Å². The Hall–Kier alpha value is -1.95. The Labute approximate surface area is 175 Å². The number of rotatable bonds is 5. The fourth-order valence-corrected chi connectivity index (χ4v) is 4.59. The lowest BCUT2D eigenvalue weighted by atomic mass is 9.97. The van der Waals surface area contributed by atoms with Crippen LogP contribution in [0.1, 0.15) is 6.04 Å². The van der Waals surface area contributed by atoms with Crippen LogP contribution < -0.4 is 0 Å². The zero-order chi connectivity index (χ0) is 20.5. The number of aromatic nitrogens is 5. The highest BCUT2D eigenvalue weighted by Crippen LogP contribution is 2.38. The highest BCUT2D eigenvalue weighted by molar-refractivity contribution is 7.99. The third-order valence-electron chi connectivity index (χ3n) is 4.70. The molecule has 0 aromatic carbocycles. The van der Waals surface area contributed by atoms with E-state index in [9.17, 15) is 15.3 Å². The predicted molar refractivity (Wildman–Crippen MR) is 106 cm³/mol. The Morgan fingerprint density at radius 1 is 1.24 bits per heavy atom. The summed E-state index contributed by atoms with van der Waals surface area (Å²) < 4.78 is 8.91. The summed E-state index contributed by atoms with van der Waals surface area (Å²) in [4.78, 5) is 4.73. The van der Waals surface area contributed by atoms with Crippen molar-refractivity contribution in [1.29, 1.82) is 0 Å². The normalized spacial score (nSPS) is 27.3. The number of thioether (sulfide) groups is 1. The van der Waals surface area contributed by atoms with Gasteiger partial charge in [-0.1, -0.05) is 23.4 Å². The van der Waals surface area contributed by atoms with Crippen molar-refractivity contribution in [1.82, 2.24) is 24.5 Å². The molecule has 3 aromatic heterocycles. The zero-order valence-corrected chi connectivity index (χ0v) is 17.0.